The van der Waals surface area contributed by atoms with Crippen LogP contribution in [0.3, 0.4) is 0 Å². The monoisotopic (exact) mass is 1650 g/mol. The third-order valence-corrected chi connectivity index (χ3v) is 28.3. The van der Waals surface area contributed by atoms with Crippen molar-refractivity contribution in [3.05, 3.63) is 431 Å². The topological polar surface area (TPSA) is 54.2 Å². The molecule has 0 amide bonds. The molecule has 0 radical (unpaired) electrons. The second kappa shape index (κ2) is 27.1. The maximum atomic E-state index is 6.95. The van der Waals surface area contributed by atoms with Gasteiger partial charge in [0.25, 0.3) is 0 Å². The minimum absolute atomic E-state index is 0.908. The van der Waals surface area contributed by atoms with E-state index in [1.54, 1.807) is 0 Å². The van der Waals surface area contributed by atoms with E-state index < -0.39 is 0 Å². The Morgan fingerprint density at radius 2 is 0.392 bits per heavy atom. The van der Waals surface area contributed by atoms with Crippen LogP contribution in [-0.2, 0) is 0 Å². The number of hydrogen-bond donors (Lipinski definition) is 0. The smallest absolute Gasteiger partial charge is 0.160 e. The quantitative estimate of drug-likeness (QED) is 0.166. The number of furan rings is 3. The van der Waals surface area contributed by atoms with Crippen molar-refractivity contribution in [2.45, 2.75) is 0 Å². The molecule has 0 bridgehead atoms. The second-order valence-corrected chi connectivity index (χ2v) is 34.9. The van der Waals surface area contributed by atoms with Crippen LogP contribution in [0, 0.1) is 0 Å². The van der Waals surface area contributed by atoms with E-state index in [0.717, 1.165) is 83.3 Å². The van der Waals surface area contributed by atoms with Crippen molar-refractivity contribution >= 4 is 271 Å². The predicted octanol–water partition coefficient (Wildman–Crippen LogP) is 35.0. The van der Waals surface area contributed by atoms with Gasteiger partial charge in [-0.3, -0.25) is 0 Å². The number of aromatic nitrogens is 3. The average Bonchev–Trinajstić information content (AvgIpc) is 1.52. The molecule has 0 unspecified atom stereocenters. The van der Waals surface area contributed by atoms with Gasteiger partial charge in [-0.05, 0) is 169 Å². The molecule has 0 N–H and O–H groups in total. The molecule has 600 valence electrons. The molecule has 6 aromatic heterocycles. The molecule has 0 saturated carbocycles. The zero-order valence-corrected chi connectivity index (χ0v) is 70.1. The van der Waals surface area contributed by atoms with Crippen LogP contribution < -0.4 is 0 Å². The van der Waals surface area contributed by atoms with Crippen molar-refractivity contribution < 1.29 is 13.3 Å². The zero-order valence-electron chi connectivity index (χ0n) is 70.1. The van der Waals surface area contributed by atoms with Gasteiger partial charge in [0, 0.05) is 114 Å². The lowest BCUT2D eigenvalue weighted by Crippen LogP contribution is -1.96. The van der Waals surface area contributed by atoms with Crippen LogP contribution in [0.2, 0.25) is 0 Å². The highest BCUT2D eigenvalue weighted by atomic mass is 16.3. The molecular weight excluding hydrogens is 1580 g/mol. The van der Waals surface area contributed by atoms with Crippen molar-refractivity contribution in [2.75, 3.05) is 0 Å². The van der Waals surface area contributed by atoms with Gasteiger partial charge in [-0.1, -0.05) is 364 Å². The van der Waals surface area contributed by atoms with Gasteiger partial charge in [0.2, 0.25) is 0 Å². The third kappa shape index (κ3) is 9.80. The summed E-state index contributed by atoms with van der Waals surface area (Å²) in [5, 5.41) is 47.1. The molecule has 6 nitrogen and oxygen atoms in total. The van der Waals surface area contributed by atoms with Crippen molar-refractivity contribution in [3.63, 3.8) is 0 Å². The Labute approximate surface area is 740 Å². The highest BCUT2D eigenvalue weighted by Crippen LogP contribution is 2.56. The Kier molecular flexibility index (Phi) is 14.8. The van der Waals surface area contributed by atoms with Crippen molar-refractivity contribution in [1.82, 2.24) is 13.7 Å². The third-order valence-electron chi connectivity index (χ3n) is 28.3. The fourth-order valence-electron chi connectivity index (χ4n) is 23.1. The molecule has 0 aliphatic heterocycles. The minimum Gasteiger partial charge on any atom is -0.454 e. The highest BCUT2D eigenvalue weighted by Gasteiger charge is 2.31. The number of fused-ring (bicyclic) bond motifs is 50. The first kappa shape index (κ1) is 71.0. The lowest BCUT2D eigenvalue weighted by atomic mass is 9.89. The zero-order chi connectivity index (χ0) is 84.7. The summed E-state index contributed by atoms with van der Waals surface area (Å²) in [5.74, 6) is 0. The summed E-state index contributed by atoms with van der Waals surface area (Å²) in [4.78, 5) is 0. The first-order valence-corrected chi connectivity index (χ1v) is 44.8. The minimum atomic E-state index is 0.908. The summed E-state index contributed by atoms with van der Waals surface area (Å²) in [5.41, 5.74) is 15.8. The predicted molar refractivity (Wildman–Crippen MR) is 552 cm³/mol. The Bertz CT molecular complexity index is 10400. The number of hydrogen-bond acceptors (Lipinski definition) is 3. The summed E-state index contributed by atoms with van der Waals surface area (Å²) in [6, 6.07) is 156. The van der Waals surface area contributed by atoms with Crippen molar-refractivity contribution in [3.8, 4) is 17.1 Å². The lowest BCUT2D eigenvalue weighted by molar-refractivity contribution is 0.671. The summed E-state index contributed by atoms with van der Waals surface area (Å²) in [6.07, 6.45) is 0. The fraction of sp³-hybridized carbons (Fsp3) is 0. The van der Waals surface area contributed by atoms with E-state index in [1.807, 2.05) is 0 Å². The first-order valence-electron chi connectivity index (χ1n) is 44.8. The molecule has 6 heteroatoms. The summed E-state index contributed by atoms with van der Waals surface area (Å²) in [6.45, 7) is 0. The number of rotatable bonds is 3. The van der Waals surface area contributed by atoms with Crippen LogP contribution in [-0.4, -0.2) is 13.7 Å². The normalized spacial score (nSPS) is 12.3. The number of nitrogens with zero attached hydrogens (tertiary/aromatic N) is 3. The van der Waals surface area contributed by atoms with Gasteiger partial charge in [-0.15, -0.1) is 0 Å². The van der Waals surface area contributed by atoms with E-state index in [-0.39, 0.29) is 0 Å². The summed E-state index contributed by atoms with van der Waals surface area (Å²) < 4.78 is 28.1. The van der Waals surface area contributed by atoms with E-state index in [9.17, 15) is 0 Å². The SMILES string of the molecule is c1ccc2c(-n3c4ccccc4c4c5c6ccccc6c6ccccc6c5c5c6ccccc6oc5c43)cccc2c1.c1ccc2c(c1)ccc1cc(-n3c4ccccc4c4c5c6ccccc6c6ccccc6c5c5c6ccccc6oc5c43)ccc12.c1ccc2cc(-n3c4ccccc4c4c5c6ccccc6c6ccccc6c5c5c6ccccc6oc5c43)ccc2c1. The van der Waals surface area contributed by atoms with Crippen LogP contribution in [0.15, 0.2) is 444 Å². The highest BCUT2D eigenvalue weighted by molar-refractivity contribution is 6.48. The second-order valence-electron chi connectivity index (χ2n) is 34.9. The summed E-state index contributed by atoms with van der Waals surface area (Å²) in [7, 11) is 0. The van der Waals surface area contributed by atoms with Gasteiger partial charge in [0.05, 0.1) is 38.8 Å². The maximum absolute atomic E-state index is 6.95. The van der Waals surface area contributed by atoms with E-state index in [0.29, 0.717) is 0 Å². The molecule has 0 aliphatic rings. The van der Waals surface area contributed by atoms with E-state index in [2.05, 4.69) is 444 Å². The van der Waals surface area contributed by atoms with Crippen molar-refractivity contribution in [2.24, 2.45) is 0 Å². The molecule has 0 aliphatic carbocycles. The van der Waals surface area contributed by atoms with Crippen molar-refractivity contribution in [1.29, 1.82) is 0 Å². The summed E-state index contributed by atoms with van der Waals surface area (Å²) >= 11 is 0. The Balaban J connectivity index is 0.0000000962. The maximum Gasteiger partial charge on any atom is 0.160 e. The Morgan fingerprint density at radius 3 is 0.800 bits per heavy atom. The number of benzene rings is 25. The molecule has 0 saturated heterocycles. The number of para-hydroxylation sites is 6. The Hall–Kier alpha value is -17.3. The van der Waals surface area contributed by atoms with Crippen LogP contribution in [0.4, 0.5) is 0 Å². The first-order chi connectivity index (χ1) is 64.6. The standard InChI is InChI=1S/C44H25NO.2C40H23NO/c1-2-12-29-26(11-1)21-22-27-25-28(23-24-30(27)29)45-37-19-9-7-17-35(37)41-39-33-15-5-3-13-31(33)32-14-4-6-16-34(32)40(39)42-36-18-8-10-20-38(36)46-44(42)43(41)45;1-2-14-25-24(12-1)13-11-22-32(25)41-33-21-9-7-19-30(33)37-35-28-17-5-3-15-26(28)27-16-4-6-18-29(27)36(35)38-31-20-8-10-23-34(31)42-40(38)39(37)41;1-2-12-25-23-26(22-21-24(25)11-1)41-33-19-9-7-17-31(33)37-35-29-15-5-3-13-27(29)28-14-4-6-16-30(28)36(35)38-32-18-8-10-20-34(32)42-40(38)39(37)41/h1-25H;2*1-23H. The molecule has 31 aromatic rings. The van der Waals surface area contributed by atoms with E-state index in [4.69, 9.17) is 13.3 Å². The molecule has 0 atom stereocenters. The van der Waals surface area contributed by atoms with Crippen LogP contribution >= 0.6 is 0 Å². The largest absolute Gasteiger partial charge is 0.454 e. The van der Waals surface area contributed by atoms with Crippen LogP contribution in [0.5, 0.6) is 0 Å². The van der Waals surface area contributed by atoms with Gasteiger partial charge < -0.3 is 27.0 Å². The molecule has 31 rings (SSSR count). The molecule has 25 aromatic carbocycles. The Morgan fingerprint density at radius 1 is 0.138 bits per heavy atom. The molecule has 6 heterocycles. The molecule has 0 fully saturated rings. The van der Waals surface area contributed by atoms with Crippen LogP contribution in [0.1, 0.15) is 0 Å². The van der Waals surface area contributed by atoms with E-state index in [1.165, 1.54) is 205 Å². The van der Waals surface area contributed by atoms with Gasteiger partial charge in [-0.25, -0.2) is 0 Å². The van der Waals surface area contributed by atoms with Gasteiger partial charge in [0.1, 0.15) is 16.7 Å². The van der Waals surface area contributed by atoms with Gasteiger partial charge in [0.15, 0.2) is 16.7 Å². The van der Waals surface area contributed by atoms with Crippen LogP contribution in [0.25, 0.3) is 288 Å². The molecular formula is C124H71N3O3. The molecule has 130 heavy (non-hydrogen) atoms. The fourth-order valence-corrected chi connectivity index (χ4v) is 23.1. The lowest BCUT2D eigenvalue weighted by Gasteiger charge is -2.15. The average molecular weight is 1650 g/mol. The molecule has 0 spiro atoms. The van der Waals surface area contributed by atoms with Gasteiger partial charge >= 0.3 is 0 Å². The van der Waals surface area contributed by atoms with Gasteiger partial charge in [-0.2, -0.15) is 0 Å². The van der Waals surface area contributed by atoms with E-state index >= 15 is 0 Å².